The lowest BCUT2D eigenvalue weighted by atomic mass is 9.94. The molecule has 0 unspecified atom stereocenters. The van der Waals surface area contributed by atoms with E-state index in [-0.39, 0.29) is 5.91 Å². The molecule has 3 nitrogen and oxygen atoms in total. The number of hydrogen-bond donors (Lipinski definition) is 1. The van der Waals surface area contributed by atoms with Crippen LogP contribution in [0.1, 0.15) is 63.4 Å². The van der Waals surface area contributed by atoms with Crippen molar-refractivity contribution in [3.63, 3.8) is 0 Å². The predicted octanol–water partition coefficient (Wildman–Crippen LogP) is 4.51. The maximum atomic E-state index is 12.1. The van der Waals surface area contributed by atoms with Crippen molar-refractivity contribution in [2.75, 3.05) is 0 Å². The quantitative estimate of drug-likeness (QED) is 0.812. The molecular formula is C20H27NO2. The summed E-state index contributed by atoms with van der Waals surface area (Å²) in [6, 6.07) is 8.06. The number of carbonyl (C=O) groups is 1. The molecule has 0 bridgehead atoms. The Morgan fingerprint density at radius 2 is 1.83 bits per heavy atom. The molecule has 0 atom stereocenters. The number of ether oxygens (including phenoxy) is 1. The average molecular weight is 313 g/mol. The summed E-state index contributed by atoms with van der Waals surface area (Å²) in [6.45, 7) is 0.533. The Morgan fingerprint density at radius 1 is 1.09 bits per heavy atom. The molecule has 3 heteroatoms. The van der Waals surface area contributed by atoms with E-state index in [4.69, 9.17) is 4.74 Å². The van der Waals surface area contributed by atoms with Crippen LogP contribution in [0, 0.1) is 0 Å². The van der Waals surface area contributed by atoms with Crippen LogP contribution in [0.3, 0.4) is 0 Å². The van der Waals surface area contributed by atoms with E-state index in [9.17, 15) is 4.79 Å². The molecule has 0 aliphatic heterocycles. The first-order valence-electron chi connectivity index (χ1n) is 9.03. The Balaban J connectivity index is 1.55. The average Bonchev–Trinajstić information content (AvgIpc) is 3.08. The summed E-state index contributed by atoms with van der Waals surface area (Å²) in [5, 5.41) is 3.02. The number of amides is 1. The molecule has 0 saturated heterocycles. The molecule has 1 N–H and O–H groups in total. The van der Waals surface area contributed by atoms with Gasteiger partial charge in [-0.25, -0.2) is 0 Å². The Kier molecular flexibility index (Phi) is 5.73. The maximum absolute atomic E-state index is 12.1. The van der Waals surface area contributed by atoms with Gasteiger partial charge in [-0.2, -0.15) is 0 Å². The minimum atomic E-state index is 0.0255. The van der Waals surface area contributed by atoms with E-state index >= 15 is 0 Å². The Labute approximate surface area is 139 Å². The van der Waals surface area contributed by atoms with E-state index in [0.29, 0.717) is 12.6 Å². The first-order valence-corrected chi connectivity index (χ1v) is 9.03. The number of allylic oxidation sites excluding steroid dienone is 1. The number of nitrogens with one attached hydrogen (secondary N) is 1. The summed E-state index contributed by atoms with van der Waals surface area (Å²) in [4.78, 5) is 12.1. The van der Waals surface area contributed by atoms with Crippen molar-refractivity contribution in [2.45, 2.75) is 70.4 Å². The molecule has 0 heterocycles. The summed E-state index contributed by atoms with van der Waals surface area (Å²) >= 11 is 0. The highest BCUT2D eigenvalue weighted by Crippen LogP contribution is 2.26. The molecule has 1 aromatic carbocycles. The van der Waals surface area contributed by atoms with Crippen LogP contribution in [-0.2, 0) is 11.3 Å². The van der Waals surface area contributed by atoms with Crippen molar-refractivity contribution in [3.8, 4) is 5.75 Å². The highest BCUT2D eigenvalue weighted by Gasteiger charge is 2.17. The standard InChI is InChI=1S/C20H27NO2/c22-20(14-16-8-2-1-3-9-16)21-15-17-10-4-7-13-19(17)23-18-11-5-6-12-18/h4,7,10,13-14,18H,1-3,5-6,8-9,11-12,15H2,(H,21,22). The van der Waals surface area contributed by atoms with Crippen LogP contribution in [0.4, 0.5) is 0 Å². The fourth-order valence-corrected chi connectivity index (χ4v) is 3.52. The predicted molar refractivity (Wildman–Crippen MR) is 92.3 cm³/mol. The van der Waals surface area contributed by atoms with Crippen LogP contribution in [0.25, 0.3) is 0 Å². The lowest BCUT2D eigenvalue weighted by Crippen LogP contribution is -2.22. The first-order chi connectivity index (χ1) is 11.3. The molecular weight excluding hydrogens is 286 g/mol. The maximum Gasteiger partial charge on any atom is 0.244 e. The molecule has 2 aliphatic rings. The van der Waals surface area contributed by atoms with Crippen molar-refractivity contribution in [1.29, 1.82) is 0 Å². The number of para-hydroxylation sites is 1. The number of hydrogen-bond acceptors (Lipinski definition) is 2. The molecule has 2 aliphatic carbocycles. The van der Waals surface area contributed by atoms with Gasteiger partial charge in [0.2, 0.25) is 5.91 Å². The molecule has 2 fully saturated rings. The summed E-state index contributed by atoms with van der Waals surface area (Å²) in [7, 11) is 0. The second-order valence-corrected chi connectivity index (χ2v) is 6.71. The molecule has 124 valence electrons. The molecule has 3 rings (SSSR count). The van der Waals surface area contributed by atoms with Crippen molar-refractivity contribution >= 4 is 5.91 Å². The normalized spacial score (nSPS) is 18.7. The van der Waals surface area contributed by atoms with Crippen LogP contribution in [0.2, 0.25) is 0 Å². The van der Waals surface area contributed by atoms with Gasteiger partial charge in [0.05, 0.1) is 6.10 Å². The smallest absolute Gasteiger partial charge is 0.244 e. The summed E-state index contributed by atoms with van der Waals surface area (Å²) in [6.07, 6.45) is 12.9. The second kappa shape index (κ2) is 8.19. The molecule has 0 spiro atoms. The van der Waals surface area contributed by atoms with Gasteiger partial charge in [-0.1, -0.05) is 30.2 Å². The van der Waals surface area contributed by atoms with Crippen molar-refractivity contribution in [2.24, 2.45) is 0 Å². The third-order valence-electron chi connectivity index (χ3n) is 4.85. The van der Waals surface area contributed by atoms with Crippen LogP contribution in [-0.4, -0.2) is 12.0 Å². The fraction of sp³-hybridized carbons (Fsp3) is 0.550. The van der Waals surface area contributed by atoms with Gasteiger partial charge in [0, 0.05) is 18.2 Å². The van der Waals surface area contributed by atoms with Gasteiger partial charge in [0.1, 0.15) is 5.75 Å². The largest absolute Gasteiger partial charge is 0.490 e. The molecule has 0 aromatic heterocycles. The van der Waals surface area contributed by atoms with Crippen molar-refractivity contribution < 1.29 is 9.53 Å². The lowest BCUT2D eigenvalue weighted by Gasteiger charge is -2.17. The summed E-state index contributed by atoms with van der Waals surface area (Å²) < 4.78 is 6.12. The van der Waals surface area contributed by atoms with Gasteiger partial charge >= 0.3 is 0 Å². The summed E-state index contributed by atoms with van der Waals surface area (Å²) in [5.74, 6) is 0.947. The third-order valence-corrected chi connectivity index (χ3v) is 4.85. The van der Waals surface area contributed by atoms with Gasteiger partial charge in [-0.3, -0.25) is 4.79 Å². The highest BCUT2D eigenvalue weighted by molar-refractivity contribution is 5.88. The Bertz CT molecular complexity index is 551. The first kappa shape index (κ1) is 16.1. The Hall–Kier alpha value is -1.77. The molecule has 2 saturated carbocycles. The number of benzene rings is 1. The van der Waals surface area contributed by atoms with Gasteiger partial charge in [-0.15, -0.1) is 0 Å². The van der Waals surface area contributed by atoms with E-state index in [1.165, 1.54) is 37.7 Å². The third kappa shape index (κ3) is 4.85. The monoisotopic (exact) mass is 313 g/mol. The van der Waals surface area contributed by atoms with Gasteiger partial charge in [-0.05, 0) is 57.4 Å². The van der Waals surface area contributed by atoms with E-state index in [2.05, 4.69) is 5.32 Å². The van der Waals surface area contributed by atoms with Gasteiger partial charge in [0.15, 0.2) is 0 Å². The number of carbonyl (C=O) groups excluding carboxylic acids is 1. The SMILES string of the molecule is O=C(C=C1CCCCC1)NCc1ccccc1OC1CCCC1. The fourth-order valence-electron chi connectivity index (χ4n) is 3.52. The van der Waals surface area contributed by atoms with Gasteiger partial charge < -0.3 is 10.1 Å². The van der Waals surface area contributed by atoms with Crippen LogP contribution < -0.4 is 10.1 Å². The zero-order valence-electron chi connectivity index (χ0n) is 13.9. The minimum absolute atomic E-state index is 0.0255. The van der Waals surface area contributed by atoms with E-state index in [1.807, 2.05) is 24.3 Å². The van der Waals surface area contributed by atoms with Crippen LogP contribution >= 0.6 is 0 Å². The topological polar surface area (TPSA) is 38.3 Å². The van der Waals surface area contributed by atoms with E-state index in [1.54, 1.807) is 6.08 Å². The molecule has 0 radical (unpaired) electrons. The van der Waals surface area contributed by atoms with Crippen LogP contribution in [0.5, 0.6) is 5.75 Å². The molecule has 23 heavy (non-hydrogen) atoms. The van der Waals surface area contributed by atoms with Crippen LogP contribution in [0.15, 0.2) is 35.9 Å². The van der Waals surface area contributed by atoms with Crippen molar-refractivity contribution in [1.82, 2.24) is 5.32 Å². The van der Waals surface area contributed by atoms with E-state index in [0.717, 1.165) is 37.0 Å². The highest BCUT2D eigenvalue weighted by atomic mass is 16.5. The minimum Gasteiger partial charge on any atom is -0.490 e. The second-order valence-electron chi connectivity index (χ2n) is 6.71. The van der Waals surface area contributed by atoms with E-state index < -0.39 is 0 Å². The molecule has 1 amide bonds. The lowest BCUT2D eigenvalue weighted by molar-refractivity contribution is -0.116. The zero-order chi connectivity index (χ0) is 15.9. The Morgan fingerprint density at radius 3 is 2.61 bits per heavy atom. The van der Waals surface area contributed by atoms with Gasteiger partial charge in [0.25, 0.3) is 0 Å². The number of rotatable bonds is 5. The summed E-state index contributed by atoms with van der Waals surface area (Å²) in [5.41, 5.74) is 2.36. The zero-order valence-corrected chi connectivity index (χ0v) is 13.9. The molecule has 1 aromatic rings. The van der Waals surface area contributed by atoms with Crippen molar-refractivity contribution in [3.05, 3.63) is 41.5 Å².